The summed E-state index contributed by atoms with van der Waals surface area (Å²) in [6.07, 6.45) is 5.19. The number of aryl methyl sites for hydroxylation is 1. The summed E-state index contributed by atoms with van der Waals surface area (Å²) in [4.78, 5) is 4.30. The van der Waals surface area contributed by atoms with E-state index in [2.05, 4.69) is 10.3 Å². The second kappa shape index (κ2) is 3.40. The van der Waals surface area contributed by atoms with Gasteiger partial charge in [-0.2, -0.15) is 4.98 Å². The van der Waals surface area contributed by atoms with Gasteiger partial charge in [-0.25, -0.2) is 0 Å². The zero-order valence-electron chi connectivity index (χ0n) is 8.26. The molecular formula is C10H16N2O. The van der Waals surface area contributed by atoms with Gasteiger partial charge < -0.3 is 9.73 Å². The first-order chi connectivity index (χ1) is 6.31. The van der Waals surface area contributed by atoms with Crippen LogP contribution >= 0.6 is 0 Å². The molecule has 1 aromatic heterocycles. The average Bonchev–Trinajstić information content (AvgIpc) is 2.72. The fourth-order valence-corrected chi connectivity index (χ4v) is 2.08. The summed E-state index contributed by atoms with van der Waals surface area (Å²) in [5.74, 6) is 1.72. The zero-order chi connectivity index (χ0) is 9.26. The minimum absolute atomic E-state index is 0.620. The van der Waals surface area contributed by atoms with Crippen molar-refractivity contribution in [3.05, 3.63) is 11.5 Å². The van der Waals surface area contributed by atoms with E-state index < -0.39 is 0 Å². The maximum absolute atomic E-state index is 5.63. The first-order valence-corrected chi connectivity index (χ1v) is 4.96. The molecule has 3 heteroatoms. The van der Waals surface area contributed by atoms with Crippen molar-refractivity contribution in [3.63, 3.8) is 0 Å². The third kappa shape index (κ3) is 1.55. The molecule has 0 aromatic carbocycles. The summed E-state index contributed by atoms with van der Waals surface area (Å²) in [6, 6.07) is 0.652. The van der Waals surface area contributed by atoms with Gasteiger partial charge in [0, 0.05) is 13.0 Å². The van der Waals surface area contributed by atoms with Crippen LogP contribution in [0, 0.1) is 6.92 Å². The lowest BCUT2D eigenvalue weighted by Gasteiger charge is -2.04. The van der Waals surface area contributed by atoms with Crippen LogP contribution in [-0.2, 0) is 0 Å². The van der Waals surface area contributed by atoms with E-state index in [0.717, 1.165) is 11.5 Å². The van der Waals surface area contributed by atoms with Gasteiger partial charge >= 0.3 is 0 Å². The van der Waals surface area contributed by atoms with E-state index in [4.69, 9.17) is 4.42 Å². The van der Waals surface area contributed by atoms with E-state index in [1.807, 2.05) is 14.0 Å². The van der Waals surface area contributed by atoms with Crippen molar-refractivity contribution < 1.29 is 4.42 Å². The van der Waals surface area contributed by atoms with Crippen molar-refractivity contribution in [1.82, 2.24) is 4.98 Å². The normalized spacial score (nSPS) is 18.0. The first kappa shape index (κ1) is 8.60. The molecule has 1 heterocycles. The number of nitrogens with one attached hydrogen (secondary N) is 1. The molecule has 3 nitrogen and oxygen atoms in total. The van der Waals surface area contributed by atoms with E-state index in [-0.39, 0.29) is 0 Å². The van der Waals surface area contributed by atoms with Crippen LogP contribution in [0.2, 0.25) is 0 Å². The molecule has 0 atom stereocenters. The average molecular weight is 180 g/mol. The topological polar surface area (TPSA) is 38.1 Å². The van der Waals surface area contributed by atoms with Crippen LogP contribution in [0.4, 0.5) is 6.01 Å². The molecule has 1 aliphatic carbocycles. The van der Waals surface area contributed by atoms with Gasteiger partial charge in [0.15, 0.2) is 0 Å². The van der Waals surface area contributed by atoms with Crippen LogP contribution in [0.1, 0.15) is 43.1 Å². The van der Waals surface area contributed by atoms with Gasteiger partial charge in [0.1, 0.15) is 5.76 Å². The fourth-order valence-electron chi connectivity index (χ4n) is 2.08. The number of anilines is 1. The lowest BCUT2D eigenvalue weighted by molar-refractivity contribution is 0.471. The Balaban J connectivity index is 2.22. The van der Waals surface area contributed by atoms with Crippen molar-refractivity contribution in [2.45, 2.75) is 38.5 Å². The number of oxazole rings is 1. The van der Waals surface area contributed by atoms with Gasteiger partial charge in [-0.05, 0) is 19.8 Å². The third-order valence-corrected chi connectivity index (χ3v) is 2.77. The minimum atomic E-state index is 0.620. The molecule has 0 radical (unpaired) electrons. The summed E-state index contributed by atoms with van der Waals surface area (Å²) in [7, 11) is 1.84. The highest BCUT2D eigenvalue weighted by atomic mass is 16.4. The Labute approximate surface area is 78.5 Å². The van der Waals surface area contributed by atoms with Crippen molar-refractivity contribution >= 4 is 6.01 Å². The summed E-state index contributed by atoms with van der Waals surface area (Å²) in [6.45, 7) is 2.03. The Bertz CT molecular complexity index is 287. The molecule has 1 saturated carbocycles. The van der Waals surface area contributed by atoms with Gasteiger partial charge in [-0.1, -0.05) is 12.8 Å². The number of rotatable bonds is 2. The predicted octanol–water partition coefficient (Wildman–Crippen LogP) is 2.68. The number of aromatic nitrogens is 1. The summed E-state index contributed by atoms with van der Waals surface area (Å²) in [5.41, 5.74) is 1.05. The van der Waals surface area contributed by atoms with Crippen molar-refractivity contribution in [3.8, 4) is 0 Å². The molecule has 0 saturated heterocycles. The van der Waals surface area contributed by atoms with E-state index in [1.54, 1.807) is 0 Å². The smallest absolute Gasteiger partial charge is 0.294 e. The molecule has 0 spiro atoms. The number of hydrogen-bond donors (Lipinski definition) is 1. The summed E-state index contributed by atoms with van der Waals surface area (Å²) >= 11 is 0. The summed E-state index contributed by atoms with van der Waals surface area (Å²) < 4.78 is 5.63. The van der Waals surface area contributed by atoms with Crippen molar-refractivity contribution in [1.29, 1.82) is 0 Å². The molecule has 0 bridgehead atoms. The van der Waals surface area contributed by atoms with E-state index in [9.17, 15) is 0 Å². The maximum atomic E-state index is 5.63. The van der Waals surface area contributed by atoms with E-state index >= 15 is 0 Å². The Morgan fingerprint density at radius 1 is 1.38 bits per heavy atom. The Kier molecular flexibility index (Phi) is 2.25. The van der Waals surface area contributed by atoms with Crippen LogP contribution in [0.25, 0.3) is 0 Å². The largest absolute Gasteiger partial charge is 0.428 e. The van der Waals surface area contributed by atoms with Gasteiger partial charge in [-0.15, -0.1) is 0 Å². The van der Waals surface area contributed by atoms with Crippen LogP contribution in [0.3, 0.4) is 0 Å². The fraction of sp³-hybridized carbons (Fsp3) is 0.700. The van der Waals surface area contributed by atoms with Gasteiger partial charge in [0.25, 0.3) is 6.01 Å². The third-order valence-electron chi connectivity index (χ3n) is 2.77. The van der Waals surface area contributed by atoms with Gasteiger partial charge in [-0.3, -0.25) is 0 Å². The minimum Gasteiger partial charge on any atom is -0.428 e. The predicted molar refractivity (Wildman–Crippen MR) is 52.0 cm³/mol. The number of hydrogen-bond acceptors (Lipinski definition) is 3. The molecule has 2 rings (SSSR count). The molecule has 1 aliphatic rings. The quantitative estimate of drug-likeness (QED) is 0.760. The molecule has 0 unspecified atom stereocenters. The molecule has 1 aromatic rings. The van der Waals surface area contributed by atoms with E-state index in [1.165, 1.54) is 25.7 Å². The molecule has 13 heavy (non-hydrogen) atoms. The van der Waals surface area contributed by atoms with E-state index in [0.29, 0.717) is 11.9 Å². The number of nitrogens with zero attached hydrogens (tertiary/aromatic N) is 1. The Morgan fingerprint density at radius 2 is 2.08 bits per heavy atom. The molecule has 72 valence electrons. The standard InChI is InChI=1S/C10H16N2O/c1-7-9(8-5-3-4-6-8)13-10(11-2)12-7/h8H,3-6H2,1-2H3,(H,11,12). The second-order valence-electron chi connectivity index (χ2n) is 3.70. The molecule has 1 fully saturated rings. The highest BCUT2D eigenvalue weighted by molar-refractivity contribution is 5.26. The van der Waals surface area contributed by atoms with Crippen LogP contribution in [0.5, 0.6) is 0 Å². The van der Waals surface area contributed by atoms with Crippen LogP contribution in [0.15, 0.2) is 4.42 Å². The monoisotopic (exact) mass is 180 g/mol. The molecule has 0 aliphatic heterocycles. The lowest BCUT2D eigenvalue weighted by atomic mass is 10.0. The molecular weight excluding hydrogens is 164 g/mol. The van der Waals surface area contributed by atoms with Crippen molar-refractivity contribution in [2.75, 3.05) is 12.4 Å². The first-order valence-electron chi connectivity index (χ1n) is 4.96. The van der Waals surface area contributed by atoms with Gasteiger partial charge in [0.05, 0.1) is 5.69 Å². The van der Waals surface area contributed by atoms with Crippen molar-refractivity contribution in [2.24, 2.45) is 0 Å². The Morgan fingerprint density at radius 3 is 2.62 bits per heavy atom. The highest BCUT2D eigenvalue weighted by Gasteiger charge is 2.23. The molecule has 1 N–H and O–H groups in total. The second-order valence-corrected chi connectivity index (χ2v) is 3.70. The summed E-state index contributed by atoms with van der Waals surface area (Å²) in [5, 5.41) is 2.93. The Hall–Kier alpha value is -0.990. The lowest BCUT2D eigenvalue weighted by Crippen LogP contribution is -1.91. The highest BCUT2D eigenvalue weighted by Crippen LogP contribution is 2.36. The zero-order valence-corrected chi connectivity index (χ0v) is 8.26. The van der Waals surface area contributed by atoms with Crippen LogP contribution in [-0.4, -0.2) is 12.0 Å². The SMILES string of the molecule is CNc1nc(C)c(C2CCCC2)o1. The molecule has 0 amide bonds. The maximum Gasteiger partial charge on any atom is 0.294 e. The van der Waals surface area contributed by atoms with Gasteiger partial charge in [0.2, 0.25) is 0 Å². The van der Waals surface area contributed by atoms with Crippen LogP contribution < -0.4 is 5.32 Å².